The fourth-order valence-corrected chi connectivity index (χ4v) is 5.34. The Morgan fingerprint density at radius 2 is 1.36 bits per heavy atom. The summed E-state index contributed by atoms with van der Waals surface area (Å²) >= 11 is 0. The zero-order valence-electron chi connectivity index (χ0n) is 19.8. The van der Waals surface area contributed by atoms with E-state index in [1.807, 2.05) is 0 Å². The summed E-state index contributed by atoms with van der Waals surface area (Å²) in [7, 11) is 0. The standard InChI is InChI=1S/C29H32N4/c1-21-19-22(2)27(23(3)20-21)28-25-13-9-6-10-14-26(25)29(31-30-28)33-17-15-32(16-18-33)24-11-7-4-5-8-12-24/h4-14,19-20,24-25H,15-18H2,1-3H3. The van der Waals surface area contributed by atoms with Crippen LogP contribution in [0.2, 0.25) is 0 Å². The maximum atomic E-state index is 4.85. The van der Waals surface area contributed by atoms with Crippen LogP contribution in [-0.4, -0.2) is 53.6 Å². The van der Waals surface area contributed by atoms with Crippen LogP contribution in [0.1, 0.15) is 22.3 Å². The molecular weight excluding hydrogens is 404 g/mol. The summed E-state index contributed by atoms with van der Waals surface area (Å²) in [5, 5.41) is 9.69. The largest absolute Gasteiger partial charge is 0.352 e. The van der Waals surface area contributed by atoms with E-state index in [4.69, 9.17) is 10.2 Å². The molecule has 0 saturated carbocycles. The molecule has 1 aromatic carbocycles. The average molecular weight is 437 g/mol. The molecule has 168 valence electrons. The van der Waals surface area contributed by atoms with E-state index in [2.05, 4.69) is 110 Å². The van der Waals surface area contributed by atoms with Crippen molar-refractivity contribution in [2.24, 2.45) is 16.1 Å². The summed E-state index contributed by atoms with van der Waals surface area (Å²) in [5.41, 5.74) is 7.35. The lowest BCUT2D eigenvalue weighted by Gasteiger charge is -2.40. The lowest BCUT2D eigenvalue weighted by atomic mass is 9.83. The highest BCUT2D eigenvalue weighted by Crippen LogP contribution is 2.31. The fourth-order valence-electron chi connectivity index (χ4n) is 5.34. The highest BCUT2D eigenvalue weighted by atomic mass is 15.4. The van der Waals surface area contributed by atoms with Gasteiger partial charge >= 0.3 is 0 Å². The Hall–Kier alpha value is -3.24. The molecule has 5 rings (SSSR count). The third-order valence-corrected chi connectivity index (χ3v) is 6.86. The van der Waals surface area contributed by atoms with Crippen LogP contribution in [0, 0.1) is 26.7 Å². The number of fused-ring (bicyclic) bond motifs is 1. The van der Waals surface area contributed by atoms with Gasteiger partial charge < -0.3 is 4.90 Å². The predicted octanol–water partition coefficient (Wildman–Crippen LogP) is 5.07. The summed E-state index contributed by atoms with van der Waals surface area (Å²) in [6.45, 7) is 10.4. The minimum absolute atomic E-state index is 0.115. The van der Waals surface area contributed by atoms with Crippen LogP contribution in [0.5, 0.6) is 0 Å². The van der Waals surface area contributed by atoms with E-state index in [0.717, 1.165) is 37.7 Å². The van der Waals surface area contributed by atoms with E-state index in [0.29, 0.717) is 6.04 Å². The predicted molar refractivity (Wildman–Crippen MR) is 139 cm³/mol. The number of benzene rings is 1. The third kappa shape index (κ3) is 4.36. The Morgan fingerprint density at radius 3 is 2.06 bits per heavy atom. The number of hydrogen-bond donors (Lipinski definition) is 0. The number of nitrogens with zero attached hydrogens (tertiary/aromatic N) is 4. The van der Waals surface area contributed by atoms with Gasteiger partial charge in [-0.15, -0.1) is 5.10 Å². The minimum atomic E-state index is 0.115. The Balaban J connectivity index is 1.43. The summed E-state index contributed by atoms with van der Waals surface area (Å²) in [5.74, 6) is 1.14. The third-order valence-electron chi connectivity index (χ3n) is 6.86. The van der Waals surface area contributed by atoms with Gasteiger partial charge in [0.05, 0.1) is 11.6 Å². The van der Waals surface area contributed by atoms with Crippen LogP contribution in [0.3, 0.4) is 0 Å². The fraction of sp³-hybridized carbons (Fsp3) is 0.310. The van der Waals surface area contributed by atoms with Crippen molar-refractivity contribution in [1.29, 1.82) is 0 Å². The van der Waals surface area contributed by atoms with E-state index in [-0.39, 0.29) is 5.92 Å². The number of amidine groups is 1. The summed E-state index contributed by atoms with van der Waals surface area (Å²) in [6, 6.07) is 4.86. The zero-order valence-corrected chi connectivity index (χ0v) is 19.8. The van der Waals surface area contributed by atoms with E-state index >= 15 is 0 Å². The van der Waals surface area contributed by atoms with Crippen LogP contribution in [-0.2, 0) is 0 Å². The molecule has 0 bridgehead atoms. The van der Waals surface area contributed by atoms with Gasteiger partial charge in [-0.2, -0.15) is 5.10 Å². The Bertz CT molecular complexity index is 1120. The molecule has 0 amide bonds. The number of rotatable bonds is 2. The molecule has 0 radical (unpaired) electrons. The first-order valence-electron chi connectivity index (χ1n) is 11.9. The molecule has 4 aliphatic rings. The average Bonchev–Trinajstić information content (AvgIpc) is 3.22. The van der Waals surface area contributed by atoms with Crippen molar-refractivity contribution in [2.45, 2.75) is 26.8 Å². The number of aryl methyl sites for hydroxylation is 3. The van der Waals surface area contributed by atoms with Crippen molar-refractivity contribution < 1.29 is 0 Å². The summed E-state index contributed by atoms with van der Waals surface area (Å²) in [6.07, 6.45) is 23.9. The molecule has 2 aliphatic carbocycles. The molecule has 4 heteroatoms. The summed E-state index contributed by atoms with van der Waals surface area (Å²) in [4.78, 5) is 4.95. The Morgan fingerprint density at radius 1 is 0.727 bits per heavy atom. The van der Waals surface area contributed by atoms with Crippen molar-refractivity contribution >= 4 is 11.5 Å². The molecule has 1 saturated heterocycles. The van der Waals surface area contributed by atoms with Crippen molar-refractivity contribution in [3.63, 3.8) is 0 Å². The van der Waals surface area contributed by atoms with Gasteiger partial charge in [-0.25, -0.2) is 0 Å². The second-order valence-electron chi connectivity index (χ2n) is 9.22. The van der Waals surface area contributed by atoms with Crippen molar-refractivity contribution in [2.75, 3.05) is 26.2 Å². The molecule has 33 heavy (non-hydrogen) atoms. The van der Waals surface area contributed by atoms with Crippen molar-refractivity contribution in [3.8, 4) is 0 Å². The normalized spacial score (nSPS) is 23.1. The van der Waals surface area contributed by atoms with Crippen molar-refractivity contribution in [3.05, 3.63) is 107 Å². The SMILES string of the molecule is Cc1cc(C)c(C2=NN=C(N3CCN(C4C=CC=CC=C4)CC3)C3=CC=CC=CC32)c(C)c1. The van der Waals surface area contributed by atoms with E-state index < -0.39 is 0 Å². The minimum Gasteiger partial charge on any atom is -0.352 e. The monoisotopic (exact) mass is 436 g/mol. The molecule has 0 aromatic heterocycles. The highest BCUT2D eigenvalue weighted by Gasteiger charge is 2.33. The topological polar surface area (TPSA) is 31.2 Å². The second-order valence-corrected chi connectivity index (χ2v) is 9.22. The molecule has 2 aliphatic heterocycles. The van der Waals surface area contributed by atoms with Gasteiger partial charge in [0, 0.05) is 43.4 Å². The van der Waals surface area contributed by atoms with Crippen LogP contribution >= 0.6 is 0 Å². The first-order chi connectivity index (χ1) is 16.1. The molecule has 0 spiro atoms. The molecule has 1 aromatic rings. The van der Waals surface area contributed by atoms with Crippen LogP contribution in [0.15, 0.2) is 94.7 Å². The summed E-state index contributed by atoms with van der Waals surface area (Å²) < 4.78 is 0. The van der Waals surface area contributed by atoms with E-state index in [9.17, 15) is 0 Å². The Kier molecular flexibility index (Phi) is 6.10. The van der Waals surface area contributed by atoms with Crippen LogP contribution in [0.25, 0.3) is 0 Å². The van der Waals surface area contributed by atoms with E-state index in [1.54, 1.807) is 0 Å². The highest BCUT2D eigenvalue weighted by molar-refractivity contribution is 6.15. The molecule has 4 nitrogen and oxygen atoms in total. The number of hydrogen-bond acceptors (Lipinski definition) is 4. The van der Waals surface area contributed by atoms with Gasteiger partial charge in [0.1, 0.15) is 0 Å². The lowest BCUT2D eigenvalue weighted by molar-refractivity contribution is 0.171. The molecule has 1 unspecified atom stereocenters. The zero-order chi connectivity index (χ0) is 22.8. The quantitative estimate of drug-likeness (QED) is 0.649. The molecule has 2 heterocycles. The maximum absolute atomic E-state index is 4.85. The first kappa shape index (κ1) is 21.6. The number of piperazine rings is 1. The molecule has 1 fully saturated rings. The number of allylic oxidation sites excluding steroid dienone is 9. The Labute approximate surface area is 197 Å². The maximum Gasteiger partial charge on any atom is 0.155 e. The van der Waals surface area contributed by atoms with Crippen LogP contribution < -0.4 is 0 Å². The van der Waals surface area contributed by atoms with Crippen LogP contribution in [0.4, 0.5) is 0 Å². The van der Waals surface area contributed by atoms with Gasteiger partial charge in [0.25, 0.3) is 0 Å². The first-order valence-corrected chi connectivity index (χ1v) is 11.9. The lowest BCUT2D eigenvalue weighted by Crippen LogP contribution is -2.52. The molecule has 1 atom stereocenters. The van der Waals surface area contributed by atoms with Gasteiger partial charge in [-0.05, 0) is 31.9 Å². The van der Waals surface area contributed by atoms with Gasteiger partial charge in [0.15, 0.2) is 5.84 Å². The molecule has 0 N–H and O–H groups in total. The van der Waals surface area contributed by atoms with Gasteiger partial charge in [-0.1, -0.05) is 84.5 Å². The second kappa shape index (κ2) is 9.32. The van der Waals surface area contributed by atoms with Gasteiger partial charge in [0.2, 0.25) is 0 Å². The smallest absolute Gasteiger partial charge is 0.155 e. The molecular formula is C29H32N4. The van der Waals surface area contributed by atoms with E-state index in [1.165, 1.54) is 27.8 Å². The van der Waals surface area contributed by atoms with Gasteiger partial charge in [-0.3, -0.25) is 4.90 Å². The van der Waals surface area contributed by atoms with Crippen molar-refractivity contribution in [1.82, 2.24) is 9.80 Å².